The highest BCUT2D eigenvalue weighted by Crippen LogP contribution is 2.52. The van der Waals surface area contributed by atoms with Gasteiger partial charge in [0.05, 0.1) is 0 Å². The minimum atomic E-state index is 0.261. The van der Waals surface area contributed by atoms with Crippen molar-refractivity contribution in [3.63, 3.8) is 0 Å². The number of nitrogens with one attached hydrogen (secondary N) is 1. The van der Waals surface area contributed by atoms with Gasteiger partial charge in [-0.05, 0) is 85.5 Å². The van der Waals surface area contributed by atoms with Gasteiger partial charge >= 0.3 is 0 Å². The molecule has 148 valence electrons. The van der Waals surface area contributed by atoms with Crippen LogP contribution in [-0.4, -0.2) is 29.9 Å². The van der Waals surface area contributed by atoms with E-state index in [2.05, 4.69) is 52.0 Å². The summed E-state index contributed by atoms with van der Waals surface area (Å²) in [5, 5.41) is 5.43. The van der Waals surface area contributed by atoms with E-state index in [4.69, 9.17) is 0 Å². The topological polar surface area (TPSA) is 32.3 Å². The Hall–Kier alpha value is -1.65. The third-order valence-electron chi connectivity index (χ3n) is 7.28. The van der Waals surface area contributed by atoms with Crippen molar-refractivity contribution in [2.45, 2.75) is 68.9 Å². The Bertz CT molecular complexity index is 819. The fourth-order valence-electron chi connectivity index (χ4n) is 5.51. The van der Waals surface area contributed by atoms with Gasteiger partial charge in [-0.25, -0.2) is 0 Å². The van der Waals surface area contributed by atoms with Gasteiger partial charge in [-0.15, -0.1) is 11.3 Å². The van der Waals surface area contributed by atoms with Crippen LogP contribution in [0.1, 0.15) is 66.9 Å². The first-order valence-electron chi connectivity index (χ1n) is 10.9. The van der Waals surface area contributed by atoms with E-state index in [9.17, 15) is 4.79 Å². The fraction of sp³-hybridized carbons (Fsp3) is 0.542. The van der Waals surface area contributed by atoms with E-state index < -0.39 is 0 Å². The molecule has 3 aliphatic rings. The van der Waals surface area contributed by atoms with E-state index >= 15 is 0 Å². The first-order chi connectivity index (χ1) is 13.7. The number of carbonyl (C=O) groups is 1. The lowest BCUT2D eigenvalue weighted by molar-refractivity contribution is -0.122. The standard InChI is InChI=1S/C24H30N2OS/c27-23(25-19-5-3-6-19)15-18-16-24(22-9-2-1-8-21(18)22)10-12-26(13-11-24)17-20-7-4-14-28-20/h1-2,4,7-9,14,18-19H,3,5-6,10-13,15-17H2,(H,25,27)/t18-/m0/s1. The molecule has 0 radical (unpaired) electrons. The summed E-state index contributed by atoms with van der Waals surface area (Å²) in [7, 11) is 0. The molecular weight excluding hydrogens is 364 g/mol. The average Bonchev–Trinajstić information content (AvgIpc) is 3.28. The van der Waals surface area contributed by atoms with Crippen molar-refractivity contribution in [3.8, 4) is 0 Å². The maximum Gasteiger partial charge on any atom is 0.220 e. The van der Waals surface area contributed by atoms with Crippen LogP contribution in [0.15, 0.2) is 41.8 Å². The largest absolute Gasteiger partial charge is 0.353 e. The van der Waals surface area contributed by atoms with Crippen LogP contribution in [0.25, 0.3) is 0 Å². The van der Waals surface area contributed by atoms with Crippen molar-refractivity contribution in [1.29, 1.82) is 0 Å². The molecule has 0 bridgehead atoms. The number of nitrogens with zero attached hydrogens (tertiary/aromatic N) is 1. The third kappa shape index (κ3) is 3.53. The van der Waals surface area contributed by atoms with E-state index in [0.29, 0.717) is 18.4 Å². The Labute approximate surface area is 172 Å². The number of thiophene rings is 1. The lowest BCUT2D eigenvalue weighted by Crippen LogP contribution is -2.41. The monoisotopic (exact) mass is 394 g/mol. The number of hydrogen-bond acceptors (Lipinski definition) is 3. The van der Waals surface area contributed by atoms with Gasteiger partial charge in [-0.2, -0.15) is 0 Å². The number of piperidine rings is 1. The maximum absolute atomic E-state index is 12.6. The van der Waals surface area contributed by atoms with Crippen LogP contribution in [-0.2, 0) is 16.8 Å². The molecule has 1 saturated carbocycles. The summed E-state index contributed by atoms with van der Waals surface area (Å²) in [5.41, 5.74) is 3.26. The molecule has 0 unspecified atom stereocenters. The Balaban J connectivity index is 1.27. The second kappa shape index (κ2) is 7.64. The molecular formula is C24H30N2OS. The van der Waals surface area contributed by atoms with Crippen LogP contribution in [0.3, 0.4) is 0 Å². The molecule has 1 aromatic heterocycles. The van der Waals surface area contributed by atoms with Crippen LogP contribution < -0.4 is 5.32 Å². The molecule has 4 heteroatoms. The number of likely N-dealkylation sites (tertiary alicyclic amines) is 1. The van der Waals surface area contributed by atoms with Gasteiger partial charge in [0, 0.05) is 23.9 Å². The first kappa shape index (κ1) is 18.4. The predicted molar refractivity (Wildman–Crippen MR) is 115 cm³/mol. The predicted octanol–water partition coefficient (Wildman–Crippen LogP) is 4.83. The number of rotatable bonds is 5. The van der Waals surface area contributed by atoms with Gasteiger partial charge in [-0.1, -0.05) is 30.3 Å². The highest BCUT2D eigenvalue weighted by molar-refractivity contribution is 7.09. The average molecular weight is 395 g/mol. The molecule has 5 rings (SSSR count). The van der Waals surface area contributed by atoms with Crippen LogP contribution in [0, 0.1) is 0 Å². The minimum absolute atomic E-state index is 0.261. The molecule has 1 atom stereocenters. The SMILES string of the molecule is O=C(C[C@H]1CC2(CCN(Cc3cccs3)CC2)c2ccccc21)NC1CCC1. The zero-order valence-corrected chi connectivity index (χ0v) is 17.3. The van der Waals surface area contributed by atoms with E-state index in [1.54, 1.807) is 0 Å². The summed E-state index contributed by atoms with van der Waals surface area (Å²) in [6.07, 6.45) is 7.84. The van der Waals surface area contributed by atoms with E-state index in [1.165, 1.54) is 35.3 Å². The highest BCUT2D eigenvalue weighted by Gasteiger charge is 2.45. The van der Waals surface area contributed by atoms with Crippen molar-refractivity contribution in [2.24, 2.45) is 0 Å². The Morgan fingerprint density at radius 1 is 1.14 bits per heavy atom. The quantitative estimate of drug-likeness (QED) is 0.788. The van der Waals surface area contributed by atoms with E-state index in [-0.39, 0.29) is 11.3 Å². The Morgan fingerprint density at radius 3 is 2.68 bits per heavy atom. The summed E-state index contributed by atoms with van der Waals surface area (Å²) < 4.78 is 0. The number of carbonyl (C=O) groups excluding carboxylic acids is 1. The zero-order valence-electron chi connectivity index (χ0n) is 16.5. The van der Waals surface area contributed by atoms with Gasteiger partial charge < -0.3 is 5.32 Å². The summed E-state index contributed by atoms with van der Waals surface area (Å²) in [6, 6.07) is 13.8. The number of amides is 1. The van der Waals surface area contributed by atoms with Gasteiger partial charge in [0.2, 0.25) is 5.91 Å². The molecule has 2 aliphatic carbocycles. The second-order valence-corrected chi connectivity index (χ2v) is 10.1. The van der Waals surface area contributed by atoms with Gasteiger partial charge in [0.1, 0.15) is 0 Å². The lowest BCUT2D eigenvalue weighted by atomic mass is 9.73. The smallest absolute Gasteiger partial charge is 0.220 e. The van der Waals surface area contributed by atoms with Crippen LogP contribution in [0.2, 0.25) is 0 Å². The van der Waals surface area contributed by atoms with Crippen molar-refractivity contribution in [2.75, 3.05) is 13.1 Å². The van der Waals surface area contributed by atoms with Gasteiger partial charge in [-0.3, -0.25) is 9.69 Å². The Kier molecular flexibility index (Phi) is 5.02. The molecule has 3 nitrogen and oxygen atoms in total. The van der Waals surface area contributed by atoms with Crippen LogP contribution in [0.5, 0.6) is 0 Å². The summed E-state index contributed by atoms with van der Waals surface area (Å²) in [6.45, 7) is 3.41. The zero-order chi connectivity index (χ0) is 19.0. The van der Waals surface area contributed by atoms with E-state index in [1.807, 2.05) is 11.3 Å². The molecule has 1 aromatic carbocycles. The van der Waals surface area contributed by atoms with E-state index in [0.717, 1.165) is 38.9 Å². The van der Waals surface area contributed by atoms with Gasteiger partial charge in [0.25, 0.3) is 0 Å². The molecule has 1 spiro atoms. The molecule has 28 heavy (non-hydrogen) atoms. The first-order valence-corrected chi connectivity index (χ1v) is 11.7. The maximum atomic E-state index is 12.6. The molecule has 2 heterocycles. The minimum Gasteiger partial charge on any atom is -0.353 e. The van der Waals surface area contributed by atoms with Crippen molar-refractivity contribution >= 4 is 17.2 Å². The molecule has 1 amide bonds. The summed E-state index contributed by atoms with van der Waals surface area (Å²) in [4.78, 5) is 16.7. The van der Waals surface area contributed by atoms with Crippen LogP contribution >= 0.6 is 11.3 Å². The van der Waals surface area contributed by atoms with Crippen LogP contribution in [0.4, 0.5) is 0 Å². The van der Waals surface area contributed by atoms with Gasteiger partial charge in [0.15, 0.2) is 0 Å². The van der Waals surface area contributed by atoms with Crippen molar-refractivity contribution in [1.82, 2.24) is 10.2 Å². The fourth-order valence-corrected chi connectivity index (χ4v) is 6.25. The highest BCUT2D eigenvalue weighted by atomic mass is 32.1. The summed E-state index contributed by atoms with van der Waals surface area (Å²) in [5.74, 6) is 0.650. The molecule has 1 N–H and O–H groups in total. The molecule has 1 saturated heterocycles. The molecule has 1 aliphatic heterocycles. The number of hydrogen-bond donors (Lipinski definition) is 1. The summed E-state index contributed by atoms with van der Waals surface area (Å²) >= 11 is 1.86. The van der Waals surface area contributed by atoms with Crippen molar-refractivity contribution in [3.05, 3.63) is 57.8 Å². The number of fused-ring (bicyclic) bond motifs is 2. The second-order valence-electron chi connectivity index (χ2n) is 9.02. The number of benzene rings is 1. The third-order valence-corrected chi connectivity index (χ3v) is 8.15. The van der Waals surface area contributed by atoms with Crippen molar-refractivity contribution < 1.29 is 4.79 Å². The molecule has 2 fully saturated rings. The lowest BCUT2D eigenvalue weighted by Gasteiger charge is -2.40. The normalized spacial score (nSPS) is 24.1. The molecule has 2 aromatic rings. The Morgan fingerprint density at radius 2 is 1.96 bits per heavy atom.